The van der Waals surface area contributed by atoms with E-state index in [1.807, 2.05) is 25.1 Å². The third-order valence-electron chi connectivity index (χ3n) is 3.35. The molecule has 0 aromatic heterocycles. The molecule has 0 aliphatic rings. The summed E-state index contributed by atoms with van der Waals surface area (Å²) in [5, 5.41) is 8.57. The number of hydrogen-bond acceptors (Lipinski definition) is 4. The van der Waals surface area contributed by atoms with Gasteiger partial charge in [-0.05, 0) is 54.5 Å². The van der Waals surface area contributed by atoms with Crippen molar-refractivity contribution in [1.82, 2.24) is 5.43 Å². The first-order valence-corrected chi connectivity index (χ1v) is 8.39. The number of nitrogens with zero attached hydrogens (tertiary/aromatic N) is 1. The molecule has 2 aromatic carbocycles. The number of hydrogen-bond donors (Lipinski definition) is 2. The second-order valence-corrected chi connectivity index (χ2v) is 6.20. The van der Waals surface area contributed by atoms with Crippen LogP contribution in [0.25, 0.3) is 0 Å². The topological polar surface area (TPSA) is 54.9 Å². The molecule has 0 saturated heterocycles. The molecule has 0 atom stereocenters. The van der Waals surface area contributed by atoms with E-state index < -0.39 is 0 Å². The van der Waals surface area contributed by atoms with Gasteiger partial charge in [0.25, 0.3) is 0 Å². The van der Waals surface area contributed by atoms with Crippen molar-refractivity contribution in [2.45, 2.75) is 6.92 Å². The van der Waals surface area contributed by atoms with E-state index in [1.165, 1.54) is 7.11 Å². The number of anilines is 1. The lowest BCUT2D eigenvalue weighted by Crippen LogP contribution is -2.24. The van der Waals surface area contributed by atoms with E-state index in [9.17, 15) is 0 Å². The monoisotopic (exact) mass is 397 g/mol. The maximum Gasteiger partial charge on any atom is 0.191 e. The third kappa shape index (κ3) is 4.98. The van der Waals surface area contributed by atoms with Crippen LogP contribution in [0.1, 0.15) is 11.1 Å². The Morgan fingerprint density at radius 1 is 1.16 bits per heavy atom. The number of thiocarbonyl (C=S) groups is 1. The molecule has 0 aliphatic carbocycles. The summed E-state index contributed by atoms with van der Waals surface area (Å²) in [4.78, 5) is 0. The van der Waals surface area contributed by atoms with Crippen LogP contribution in [0.2, 0.25) is 10.0 Å². The molecule has 5 nitrogen and oxygen atoms in total. The fourth-order valence-electron chi connectivity index (χ4n) is 2.07. The van der Waals surface area contributed by atoms with Crippen LogP contribution in [-0.4, -0.2) is 25.5 Å². The number of halogens is 2. The van der Waals surface area contributed by atoms with E-state index in [0.717, 1.165) is 16.8 Å². The van der Waals surface area contributed by atoms with Crippen molar-refractivity contribution < 1.29 is 9.47 Å². The number of hydrazone groups is 1. The molecule has 0 saturated carbocycles. The molecule has 0 amide bonds. The Labute approximate surface area is 161 Å². The Balaban J connectivity index is 2.04. The predicted octanol–water partition coefficient (Wildman–Crippen LogP) is 4.64. The molecule has 132 valence electrons. The minimum Gasteiger partial charge on any atom is -0.493 e. The van der Waals surface area contributed by atoms with Crippen LogP contribution in [0.3, 0.4) is 0 Å². The van der Waals surface area contributed by atoms with Gasteiger partial charge in [-0.15, -0.1) is 0 Å². The van der Waals surface area contributed by atoms with E-state index in [-0.39, 0.29) is 0 Å². The van der Waals surface area contributed by atoms with Gasteiger partial charge in [-0.1, -0.05) is 29.3 Å². The zero-order chi connectivity index (χ0) is 18.4. The van der Waals surface area contributed by atoms with Gasteiger partial charge in [-0.25, -0.2) is 0 Å². The van der Waals surface area contributed by atoms with Crippen molar-refractivity contribution in [3.8, 4) is 11.5 Å². The highest BCUT2D eigenvalue weighted by Gasteiger charge is 2.10. The van der Waals surface area contributed by atoms with Gasteiger partial charge in [0.05, 0.1) is 25.5 Å². The molecule has 8 heteroatoms. The zero-order valence-electron chi connectivity index (χ0n) is 13.9. The van der Waals surface area contributed by atoms with Crippen LogP contribution < -0.4 is 20.2 Å². The van der Waals surface area contributed by atoms with Gasteiger partial charge >= 0.3 is 0 Å². The van der Waals surface area contributed by atoms with Crippen molar-refractivity contribution in [3.05, 3.63) is 51.5 Å². The lowest BCUT2D eigenvalue weighted by Gasteiger charge is -2.11. The summed E-state index contributed by atoms with van der Waals surface area (Å²) in [7, 11) is 3.07. The van der Waals surface area contributed by atoms with E-state index in [2.05, 4.69) is 15.8 Å². The smallest absolute Gasteiger partial charge is 0.191 e. The van der Waals surface area contributed by atoms with Crippen LogP contribution in [-0.2, 0) is 0 Å². The standard InChI is InChI=1S/C17H17Cl2N3O2S/c1-10-12(18)5-4-6-14(10)21-17(25)22-20-9-11-7-13(19)16(24-3)15(8-11)23-2/h4-9H,1-3H3,(H2,21,22,25)/b20-9-. The van der Waals surface area contributed by atoms with Crippen molar-refractivity contribution in [2.75, 3.05) is 19.5 Å². The Bertz CT molecular complexity index is 813. The van der Waals surface area contributed by atoms with Gasteiger partial charge in [0.15, 0.2) is 16.6 Å². The average molecular weight is 398 g/mol. The second kappa shape index (κ2) is 8.89. The highest BCUT2D eigenvalue weighted by atomic mass is 35.5. The number of methoxy groups -OCH3 is 2. The molecule has 2 rings (SSSR count). The van der Waals surface area contributed by atoms with E-state index in [1.54, 1.807) is 25.5 Å². The van der Waals surface area contributed by atoms with Gasteiger partial charge in [0.1, 0.15) is 0 Å². The van der Waals surface area contributed by atoms with E-state index >= 15 is 0 Å². The fraction of sp³-hybridized carbons (Fsp3) is 0.176. The second-order valence-electron chi connectivity index (χ2n) is 4.97. The summed E-state index contributed by atoms with van der Waals surface area (Å²) in [6.07, 6.45) is 1.58. The first-order valence-electron chi connectivity index (χ1n) is 7.23. The molecule has 2 aromatic rings. The zero-order valence-corrected chi connectivity index (χ0v) is 16.2. The highest BCUT2D eigenvalue weighted by Crippen LogP contribution is 2.35. The SMILES string of the molecule is COc1cc(/C=N\NC(=S)Nc2cccc(Cl)c2C)cc(Cl)c1OC. The van der Waals surface area contributed by atoms with Gasteiger partial charge in [0.2, 0.25) is 0 Å². The van der Waals surface area contributed by atoms with Crippen LogP contribution in [0.15, 0.2) is 35.4 Å². The van der Waals surface area contributed by atoms with Crippen LogP contribution in [0.4, 0.5) is 5.69 Å². The third-order valence-corrected chi connectivity index (χ3v) is 4.24. The molecule has 0 radical (unpaired) electrons. The maximum atomic E-state index is 6.16. The van der Waals surface area contributed by atoms with Gasteiger partial charge in [0, 0.05) is 10.7 Å². The molecule has 2 N–H and O–H groups in total. The summed E-state index contributed by atoms with van der Waals surface area (Å²) < 4.78 is 10.4. The predicted molar refractivity (Wildman–Crippen MR) is 108 cm³/mol. The molecule has 0 bridgehead atoms. The van der Waals surface area contributed by atoms with Gasteiger partial charge < -0.3 is 14.8 Å². The summed E-state index contributed by atoms with van der Waals surface area (Å²) in [5.74, 6) is 0.995. The van der Waals surface area contributed by atoms with Gasteiger partial charge in [-0.2, -0.15) is 5.10 Å². The molecule has 0 heterocycles. The Morgan fingerprint density at radius 3 is 2.60 bits per heavy atom. The average Bonchev–Trinajstić information content (AvgIpc) is 2.58. The highest BCUT2D eigenvalue weighted by molar-refractivity contribution is 7.80. The first-order chi connectivity index (χ1) is 12.0. The normalized spacial score (nSPS) is 10.6. The maximum absolute atomic E-state index is 6.16. The minimum absolute atomic E-state index is 0.341. The summed E-state index contributed by atoms with van der Waals surface area (Å²) in [5.41, 5.74) is 5.20. The summed E-state index contributed by atoms with van der Waals surface area (Å²) >= 11 is 17.5. The van der Waals surface area contributed by atoms with Crippen LogP contribution in [0.5, 0.6) is 11.5 Å². The van der Waals surface area contributed by atoms with Crippen LogP contribution >= 0.6 is 35.4 Å². The van der Waals surface area contributed by atoms with Crippen molar-refractivity contribution in [2.24, 2.45) is 5.10 Å². The number of rotatable bonds is 5. The minimum atomic E-state index is 0.341. The summed E-state index contributed by atoms with van der Waals surface area (Å²) in [6, 6.07) is 9.01. The Kier molecular flexibility index (Phi) is 6.87. The molecule has 0 unspecified atom stereocenters. The van der Waals surface area contributed by atoms with Crippen LogP contribution in [0, 0.1) is 6.92 Å². The van der Waals surface area contributed by atoms with Gasteiger partial charge in [-0.3, -0.25) is 5.43 Å². The Morgan fingerprint density at radius 2 is 1.92 bits per heavy atom. The first kappa shape index (κ1) is 19.3. The molecule has 0 aliphatic heterocycles. The van der Waals surface area contributed by atoms with Crippen molar-refractivity contribution in [1.29, 1.82) is 0 Å². The molecule has 0 fully saturated rings. The van der Waals surface area contributed by atoms with Crippen molar-refractivity contribution >= 4 is 52.4 Å². The molecule has 0 spiro atoms. The van der Waals surface area contributed by atoms with E-state index in [0.29, 0.717) is 26.7 Å². The largest absolute Gasteiger partial charge is 0.493 e. The number of benzene rings is 2. The Hall–Kier alpha value is -2.02. The molecular formula is C17H17Cl2N3O2S. The molecule has 25 heavy (non-hydrogen) atoms. The molecular weight excluding hydrogens is 381 g/mol. The quantitative estimate of drug-likeness (QED) is 0.437. The number of nitrogens with one attached hydrogen (secondary N) is 2. The van der Waals surface area contributed by atoms with Crippen molar-refractivity contribution in [3.63, 3.8) is 0 Å². The fourth-order valence-corrected chi connectivity index (χ4v) is 2.70. The lowest BCUT2D eigenvalue weighted by molar-refractivity contribution is 0.355. The summed E-state index contributed by atoms with van der Waals surface area (Å²) in [6.45, 7) is 1.90. The number of ether oxygens (including phenoxy) is 2. The van der Waals surface area contributed by atoms with E-state index in [4.69, 9.17) is 44.9 Å². The lowest BCUT2D eigenvalue weighted by atomic mass is 10.2.